The van der Waals surface area contributed by atoms with Crippen molar-refractivity contribution in [3.8, 4) is 11.5 Å². The maximum Gasteiger partial charge on any atom is 0.276 e. The van der Waals surface area contributed by atoms with E-state index < -0.39 is 11.0 Å². The first-order valence-corrected chi connectivity index (χ1v) is 5.07. The summed E-state index contributed by atoms with van der Waals surface area (Å²) in [5.41, 5.74) is 0.339. The van der Waals surface area contributed by atoms with Crippen LogP contribution in [0.15, 0.2) is 12.1 Å². The molecular weight excluding hydrogens is 226 g/mol. The molecule has 0 aliphatic heterocycles. The first kappa shape index (κ1) is 13.2. The van der Waals surface area contributed by atoms with Crippen LogP contribution in [0.4, 0.5) is 5.69 Å². The molecule has 0 bridgehead atoms. The molecule has 1 unspecified atom stereocenters. The minimum absolute atomic E-state index is 0.0800. The molecule has 1 aromatic rings. The number of ether oxygens (including phenoxy) is 2. The number of hydrogen-bond donors (Lipinski definition) is 1. The lowest BCUT2D eigenvalue weighted by Crippen LogP contribution is -2.07. The average Bonchev–Trinajstić information content (AvgIpc) is 2.27. The van der Waals surface area contributed by atoms with E-state index in [4.69, 9.17) is 9.47 Å². The van der Waals surface area contributed by atoms with Gasteiger partial charge in [0.2, 0.25) is 0 Å². The van der Waals surface area contributed by atoms with Gasteiger partial charge >= 0.3 is 0 Å². The van der Waals surface area contributed by atoms with Crippen molar-refractivity contribution < 1.29 is 19.5 Å². The third-order valence-corrected chi connectivity index (χ3v) is 2.30. The maximum atomic E-state index is 10.9. The average molecular weight is 241 g/mol. The number of aliphatic hydroxyl groups excluding tert-OH is 1. The second-order valence-corrected chi connectivity index (χ2v) is 3.65. The summed E-state index contributed by atoms with van der Waals surface area (Å²) in [7, 11) is 2.87. The molecule has 0 saturated carbocycles. The van der Waals surface area contributed by atoms with Gasteiger partial charge in [-0.05, 0) is 13.0 Å². The molecule has 1 aromatic carbocycles. The van der Waals surface area contributed by atoms with E-state index in [0.717, 1.165) is 0 Å². The zero-order valence-corrected chi connectivity index (χ0v) is 9.97. The van der Waals surface area contributed by atoms with Crippen molar-refractivity contribution in [2.45, 2.75) is 19.4 Å². The van der Waals surface area contributed by atoms with Crippen LogP contribution in [0.5, 0.6) is 11.5 Å². The van der Waals surface area contributed by atoms with Gasteiger partial charge in [0.25, 0.3) is 5.69 Å². The lowest BCUT2D eigenvalue weighted by atomic mass is 10.1. The van der Waals surface area contributed by atoms with Crippen LogP contribution in [-0.2, 0) is 6.42 Å². The molecule has 6 heteroatoms. The summed E-state index contributed by atoms with van der Waals surface area (Å²) in [6.07, 6.45) is -0.469. The van der Waals surface area contributed by atoms with E-state index in [0.29, 0.717) is 17.1 Å². The van der Waals surface area contributed by atoms with Crippen LogP contribution < -0.4 is 9.47 Å². The Bertz CT molecular complexity index is 417. The quantitative estimate of drug-likeness (QED) is 0.624. The van der Waals surface area contributed by atoms with Crippen molar-refractivity contribution in [3.05, 3.63) is 27.8 Å². The lowest BCUT2D eigenvalue weighted by Gasteiger charge is -2.11. The Morgan fingerprint density at radius 2 is 1.88 bits per heavy atom. The molecule has 17 heavy (non-hydrogen) atoms. The fourth-order valence-corrected chi connectivity index (χ4v) is 1.56. The van der Waals surface area contributed by atoms with Crippen molar-refractivity contribution >= 4 is 5.69 Å². The molecule has 0 spiro atoms. The Labute approximate surface area is 98.9 Å². The molecule has 0 radical (unpaired) electrons. The molecule has 6 nitrogen and oxygen atoms in total. The molecule has 0 saturated heterocycles. The van der Waals surface area contributed by atoms with Crippen LogP contribution >= 0.6 is 0 Å². The van der Waals surface area contributed by atoms with Crippen molar-refractivity contribution in [2.75, 3.05) is 14.2 Å². The molecule has 1 N–H and O–H groups in total. The van der Waals surface area contributed by atoms with Crippen molar-refractivity contribution in [3.63, 3.8) is 0 Å². The van der Waals surface area contributed by atoms with Crippen LogP contribution in [-0.4, -0.2) is 30.4 Å². The van der Waals surface area contributed by atoms with Gasteiger partial charge in [-0.15, -0.1) is 0 Å². The third-order valence-electron chi connectivity index (χ3n) is 2.30. The van der Waals surface area contributed by atoms with Gasteiger partial charge in [0.1, 0.15) is 0 Å². The highest BCUT2D eigenvalue weighted by atomic mass is 16.6. The summed E-state index contributed by atoms with van der Waals surface area (Å²) < 4.78 is 10.1. The SMILES string of the molecule is COc1cc(CC(C)O)c([N+](=O)[O-])cc1OC. The predicted octanol–water partition coefficient (Wildman–Crippen LogP) is 1.54. The van der Waals surface area contributed by atoms with Gasteiger partial charge in [-0.2, -0.15) is 0 Å². The monoisotopic (exact) mass is 241 g/mol. The molecule has 0 heterocycles. The van der Waals surface area contributed by atoms with E-state index in [9.17, 15) is 15.2 Å². The summed E-state index contributed by atoms with van der Waals surface area (Å²) in [4.78, 5) is 10.4. The van der Waals surface area contributed by atoms with Crippen molar-refractivity contribution in [1.82, 2.24) is 0 Å². The minimum Gasteiger partial charge on any atom is -0.493 e. The highest BCUT2D eigenvalue weighted by molar-refractivity contribution is 5.54. The van der Waals surface area contributed by atoms with E-state index in [2.05, 4.69) is 0 Å². The third kappa shape index (κ3) is 3.07. The van der Waals surface area contributed by atoms with E-state index >= 15 is 0 Å². The number of nitro groups is 1. The van der Waals surface area contributed by atoms with Gasteiger partial charge in [-0.25, -0.2) is 0 Å². The van der Waals surface area contributed by atoms with Crippen LogP contribution in [0, 0.1) is 10.1 Å². The number of nitro benzene ring substituents is 1. The summed E-state index contributed by atoms with van der Waals surface area (Å²) >= 11 is 0. The van der Waals surface area contributed by atoms with Gasteiger partial charge in [0, 0.05) is 12.0 Å². The zero-order valence-electron chi connectivity index (χ0n) is 9.97. The summed E-state index contributed by atoms with van der Waals surface area (Å²) in [5.74, 6) is 0.710. The Morgan fingerprint density at radius 1 is 1.35 bits per heavy atom. The Kier molecular flexibility index (Phi) is 4.28. The van der Waals surface area contributed by atoms with E-state index in [-0.39, 0.29) is 12.1 Å². The maximum absolute atomic E-state index is 10.9. The number of aliphatic hydroxyl groups is 1. The van der Waals surface area contributed by atoms with Crippen LogP contribution in [0.3, 0.4) is 0 Å². The van der Waals surface area contributed by atoms with E-state index in [1.165, 1.54) is 26.4 Å². The first-order chi connectivity index (χ1) is 7.99. The van der Waals surface area contributed by atoms with E-state index in [1.54, 1.807) is 6.92 Å². The largest absolute Gasteiger partial charge is 0.493 e. The Morgan fingerprint density at radius 3 is 2.29 bits per heavy atom. The van der Waals surface area contributed by atoms with E-state index in [1.807, 2.05) is 0 Å². The fourth-order valence-electron chi connectivity index (χ4n) is 1.56. The highest BCUT2D eigenvalue weighted by Gasteiger charge is 2.20. The van der Waals surface area contributed by atoms with Gasteiger partial charge in [-0.1, -0.05) is 0 Å². The first-order valence-electron chi connectivity index (χ1n) is 5.07. The Hall–Kier alpha value is -1.82. The molecule has 0 aromatic heterocycles. The minimum atomic E-state index is -0.660. The normalized spacial score (nSPS) is 12.0. The number of benzene rings is 1. The molecule has 0 fully saturated rings. The summed E-state index contributed by atoms with van der Waals surface area (Å²) in [6.45, 7) is 1.57. The topological polar surface area (TPSA) is 81.8 Å². The van der Waals surface area contributed by atoms with Gasteiger partial charge in [0.15, 0.2) is 11.5 Å². The number of rotatable bonds is 5. The second kappa shape index (κ2) is 5.49. The van der Waals surface area contributed by atoms with Crippen molar-refractivity contribution in [2.24, 2.45) is 0 Å². The van der Waals surface area contributed by atoms with Crippen molar-refractivity contribution in [1.29, 1.82) is 0 Å². The molecular formula is C11H15NO5. The van der Waals surface area contributed by atoms with Gasteiger partial charge in [-0.3, -0.25) is 10.1 Å². The summed E-state index contributed by atoms with van der Waals surface area (Å²) in [6, 6.07) is 2.82. The zero-order chi connectivity index (χ0) is 13.0. The van der Waals surface area contributed by atoms with Crippen LogP contribution in [0.1, 0.15) is 12.5 Å². The van der Waals surface area contributed by atoms with Gasteiger partial charge < -0.3 is 14.6 Å². The standard InChI is InChI=1S/C11H15NO5/c1-7(13)4-8-5-10(16-2)11(17-3)6-9(8)12(14)15/h5-7,13H,4H2,1-3H3. The molecule has 1 atom stereocenters. The molecule has 0 amide bonds. The molecule has 0 aliphatic carbocycles. The second-order valence-electron chi connectivity index (χ2n) is 3.65. The Balaban J connectivity index is 3.29. The van der Waals surface area contributed by atoms with Gasteiger partial charge in [0.05, 0.1) is 31.3 Å². The predicted molar refractivity (Wildman–Crippen MR) is 61.6 cm³/mol. The molecule has 94 valence electrons. The van der Waals surface area contributed by atoms with Crippen LogP contribution in [0.25, 0.3) is 0 Å². The summed E-state index contributed by atoms with van der Waals surface area (Å²) in [5, 5.41) is 20.2. The smallest absolute Gasteiger partial charge is 0.276 e. The number of methoxy groups -OCH3 is 2. The molecule has 0 aliphatic rings. The highest BCUT2D eigenvalue weighted by Crippen LogP contribution is 2.34. The molecule has 1 rings (SSSR count). The number of hydrogen-bond acceptors (Lipinski definition) is 5. The fraction of sp³-hybridized carbons (Fsp3) is 0.455. The van der Waals surface area contributed by atoms with Crippen LogP contribution in [0.2, 0.25) is 0 Å². The number of nitrogens with zero attached hydrogens (tertiary/aromatic N) is 1. The lowest BCUT2D eigenvalue weighted by molar-refractivity contribution is -0.385.